The van der Waals surface area contributed by atoms with Crippen LogP contribution >= 0.6 is 0 Å². The Bertz CT molecular complexity index is 247. The molecule has 1 N–H and O–H groups in total. The molecule has 3 nitrogen and oxygen atoms in total. The number of carbonyl (C=O) groups is 1. The summed E-state index contributed by atoms with van der Waals surface area (Å²) in [5.41, 5.74) is -1.01. The normalized spacial score (nSPS) is 18.4. The van der Waals surface area contributed by atoms with Gasteiger partial charge in [0.1, 0.15) is 5.41 Å². The Morgan fingerprint density at radius 1 is 1.53 bits per heavy atom. The van der Waals surface area contributed by atoms with E-state index in [-0.39, 0.29) is 5.92 Å². The molecule has 0 rings (SSSR count). The molecule has 0 heterocycles. The van der Waals surface area contributed by atoms with Crippen molar-refractivity contribution in [3.63, 3.8) is 0 Å². The molecule has 3 heteroatoms. The summed E-state index contributed by atoms with van der Waals surface area (Å²) in [5.74, 6) is -0.584. The molecule has 0 aromatic carbocycles. The second-order valence-corrected chi connectivity index (χ2v) is 3.71. The van der Waals surface area contributed by atoms with Gasteiger partial charge in [0, 0.05) is 0 Å². The second kappa shape index (κ2) is 5.71. The summed E-state index contributed by atoms with van der Waals surface area (Å²) in [4.78, 5) is 11.7. The van der Waals surface area contributed by atoms with Crippen LogP contribution in [0.3, 0.4) is 0 Å². The first-order valence-electron chi connectivity index (χ1n) is 5.00. The Hall–Kier alpha value is -1.09. The molecule has 0 aromatic heterocycles. The largest absolute Gasteiger partial charge is 0.468 e. The fraction of sp³-hybridized carbons (Fsp3) is 0.583. The molecule has 0 aliphatic rings. The first kappa shape index (κ1) is 13.9. The molecule has 0 unspecified atom stereocenters. The number of allylic oxidation sites excluding steroid dienone is 1. The number of ether oxygens (including phenoxy) is 1. The Morgan fingerprint density at radius 2 is 2.07 bits per heavy atom. The number of methoxy groups -OCH3 is 1. The van der Waals surface area contributed by atoms with E-state index in [1.54, 1.807) is 13.0 Å². The number of aliphatic hydroxyl groups excluding tert-OH is 1. The zero-order valence-corrected chi connectivity index (χ0v) is 9.69. The molecule has 0 radical (unpaired) electrons. The van der Waals surface area contributed by atoms with Gasteiger partial charge in [0.15, 0.2) is 0 Å². The lowest BCUT2D eigenvalue weighted by Gasteiger charge is -2.35. The zero-order chi connectivity index (χ0) is 12.1. The van der Waals surface area contributed by atoms with Crippen LogP contribution in [0.25, 0.3) is 0 Å². The van der Waals surface area contributed by atoms with E-state index in [4.69, 9.17) is 4.74 Å². The predicted molar refractivity (Wildman–Crippen MR) is 60.3 cm³/mol. The topological polar surface area (TPSA) is 46.5 Å². The maximum atomic E-state index is 11.7. The van der Waals surface area contributed by atoms with E-state index in [0.717, 1.165) is 0 Å². The van der Waals surface area contributed by atoms with E-state index in [0.29, 0.717) is 6.42 Å². The maximum absolute atomic E-state index is 11.7. The van der Waals surface area contributed by atoms with Crippen LogP contribution in [0.4, 0.5) is 0 Å². The van der Waals surface area contributed by atoms with Crippen LogP contribution in [0.1, 0.15) is 20.3 Å². The maximum Gasteiger partial charge on any atom is 0.315 e. The van der Waals surface area contributed by atoms with Gasteiger partial charge in [-0.15, -0.1) is 13.2 Å². The van der Waals surface area contributed by atoms with Crippen LogP contribution in [0.5, 0.6) is 0 Å². The van der Waals surface area contributed by atoms with Crippen LogP contribution in [0, 0.1) is 11.3 Å². The summed E-state index contributed by atoms with van der Waals surface area (Å²) in [6.45, 7) is 10.8. The summed E-state index contributed by atoms with van der Waals surface area (Å²) in [5, 5.41) is 9.84. The number of aliphatic hydroxyl groups is 1. The van der Waals surface area contributed by atoms with Gasteiger partial charge >= 0.3 is 5.97 Å². The minimum atomic E-state index is -1.01. The van der Waals surface area contributed by atoms with E-state index in [9.17, 15) is 9.90 Å². The average Bonchev–Trinajstić information content (AvgIpc) is 2.27. The third-order valence-corrected chi connectivity index (χ3v) is 2.96. The number of hydrogen-bond acceptors (Lipinski definition) is 3. The summed E-state index contributed by atoms with van der Waals surface area (Å²) in [6, 6.07) is 0. The highest BCUT2D eigenvalue weighted by Crippen LogP contribution is 2.36. The van der Waals surface area contributed by atoms with E-state index in [1.807, 2.05) is 6.92 Å². The minimum Gasteiger partial charge on any atom is -0.468 e. The quantitative estimate of drug-likeness (QED) is 0.540. The van der Waals surface area contributed by atoms with E-state index >= 15 is 0 Å². The summed E-state index contributed by atoms with van der Waals surface area (Å²) in [6.07, 6.45) is 2.79. The highest BCUT2D eigenvalue weighted by atomic mass is 16.5. The van der Waals surface area contributed by atoms with E-state index < -0.39 is 17.5 Å². The standard InChI is InChI=1S/C12H20O3/c1-6-9(7-2)12(4,10(13)8-3)11(14)15-5/h6,8-10,13H,1,3,7H2,2,4-5H3/t9-,10+,12+/m1/s1. The lowest BCUT2D eigenvalue weighted by atomic mass is 9.71. The van der Waals surface area contributed by atoms with Gasteiger partial charge in [-0.1, -0.05) is 19.1 Å². The van der Waals surface area contributed by atoms with Crippen molar-refractivity contribution in [1.82, 2.24) is 0 Å². The molecule has 0 saturated carbocycles. The molecule has 0 bridgehead atoms. The predicted octanol–water partition coefficient (Wildman–Crippen LogP) is 1.92. The smallest absolute Gasteiger partial charge is 0.315 e. The van der Waals surface area contributed by atoms with Crippen molar-refractivity contribution in [3.05, 3.63) is 25.3 Å². The van der Waals surface area contributed by atoms with Gasteiger partial charge < -0.3 is 9.84 Å². The average molecular weight is 212 g/mol. The second-order valence-electron chi connectivity index (χ2n) is 3.71. The van der Waals surface area contributed by atoms with Crippen LogP contribution < -0.4 is 0 Å². The highest BCUT2D eigenvalue weighted by Gasteiger charge is 2.45. The van der Waals surface area contributed by atoms with Gasteiger partial charge in [-0.3, -0.25) is 4.79 Å². The van der Waals surface area contributed by atoms with Crippen molar-refractivity contribution < 1.29 is 14.6 Å². The molecule has 0 aliphatic carbocycles. The van der Waals surface area contributed by atoms with Crippen molar-refractivity contribution in [3.8, 4) is 0 Å². The molecular formula is C12H20O3. The Labute approximate surface area is 91.4 Å². The Kier molecular flexibility index (Phi) is 5.29. The summed E-state index contributed by atoms with van der Waals surface area (Å²) in [7, 11) is 1.31. The van der Waals surface area contributed by atoms with Crippen molar-refractivity contribution in [1.29, 1.82) is 0 Å². The number of hydrogen-bond donors (Lipinski definition) is 1. The lowest BCUT2D eigenvalue weighted by Crippen LogP contribution is -2.45. The number of rotatable bonds is 6. The molecule has 0 spiro atoms. The molecule has 86 valence electrons. The van der Waals surface area contributed by atoms with Crippen molar-refractivity contribution in [2.75, 3.05) is 7.11 Å². The monoisotopic (exact) mass is 212 g/mol. The molecule has 0 amide bonds. The molecule has 0 saturated heterocycles. The summed E-state index contributed by atoms with van der Waals surface area (Å²) >= 11 is 0. The van der Waals surface area contributed by atoms with E-state index in [2.05, 4.69) is 13.2 Å². The van der Waals surface area contributed by atoms with Crippen LogP contribution in [-0.4, -0.2) is 24.3 Å². The molecule has 0 aromatic rings. The molecule has 3 atom stereocenters. The van der Waals surface area contributed by atoms with Crippen LogP contribution in [0.15, 0.2) is 25.3 Å². The summed E-state index contributed by atoms with van der Waals surface area (Å²) < 4.78 is 4.73. The number of carbonyl (C=O) groups excluding carboxylic acids is 1. The van der Waals surface area contributed by atoms with Gasteiger partial charge in [0.2, 0.25) is 0 Å². The Morgan fingerprint density at radius 3 is 2.33 bits per heavy atom. The van der Waals surface area contributed by atoms with Crippen molar-refractivity contribution in [2.45, 2.75) is 26.4 Å². The molecule has 0 aliphatic heterocycles. The van der Waals surface area contributed by atoms with Gasteiger partial charge in [0.25, 0.3) is 0 Å². The van der Waals surface area contributed by atoms with Crippen molar-refractivity contribution in [2.24, 2.45) is 11.3 Å². The van der Waals surface area contributed by atoms with Crippen LogP contribution in [0.2, 0.25) is 0 Å². The molecule has 15 heavy (non-hydrogen) atoms. The van der Waals surface area contributed by atoms with Gasteiger partial charge in [0.05, 0.1) is 13.2 Å². The molecule has 0 fully saturated rings. The third-order valence-electron chi connectivity index (χ3n) is 2.96. The van der Waals surface area contributed by atoms with Gasteiger partial charge in [-0.25, -0.2) is 0 Å². The molecular weight excluding hydrogens is 192 g/mol. The van der Waals surface area contributed by atoms with Gasteiger partial charge in [-0.05, 0) is 19.3 Å². The fourth-order valence-electron chi connectivity index (χ4n) is 1.79. The van der Waals surface area contributed by atoms with Crippen LogP contribution in [-0.2, 0) is 9.53 Å². The SMILES string of the molecule is C=C[C@H](CC)[C@](C)(C(=O)OC)[C@@H](O)C=C. The fourth-order valence-corrected chi connectivity index (χ4v) is 1.79. The highest BCUT2D eigenvalue weighted by molar-refractivity contribution is 5.78. The van der Waals surface area contributed by atoms with Gasteiger partial charge in [-0.2, -0.15) is 0 Å². The van der Waals surface area contributed by atoms with Crippen molar-refractivity contribution >= 4 is 5.97 Å². The lowest BCUT2D eigenvalue weighted by molar-refractivity contribution is -0.160. The minimum absolute atomic E-state index is 0.141. The third kappa shape index (κ3) is 2.48. The Balaban J connectivity index is 5.25. The van der Waals surface area contributed by atoms with E-state index in [1.165, 1.54) is 13.2 Å². The first-order valence-corrected chi connectivity index (χ1v) is 5.00. The zero-order valence-electron chi connectivity index (χ0n) is 9.69. The first-order chi connectivity index (χ1) is 6.98. The number of esters is 1.